The molecular weight excluding hydrogens is 413 g/mol. The van der Waals surface area contributed by atoms with Crippen molar-refractivity contribution in [3.05, 3.63) is 23.9 Å². The van der Waals surface area contributed by atoms with Crippen LogP contribution in [-0.4, -0.2) is 67.8 Å². The summed E-state index contributed by atoms with van der Waals surface area (Å²) in [5.74, 6) is 0.914. The number of ether oxygens (including phenoxy) is 1. The minimum atomic E-state index is -0.373. The molecule has 0 aliphatic carbocycles. The Morgan fingerprint density at radius 1 is 1.26 bits per heavy atom. The third-order valence-electron chi connectivity index (χ3n) is 4.79. The number of nitrogens with one attached hydrogen (secondary N) is 1. The summed E-state index contributed by atoms with van der Waals surface area (Å²) < 4.78 is 5.65. The lowest BCUT2D eigenvalue weighted by molar-refractivity contribution is -0.132. The monoisotopic (exact) mass is 441 g/mol. The number of aromatic nitrogens is 1. The van der Waals surface area contributed by atoms with Gasteiger partial charge in [0.15, 0.2) is 0 Å². The molecule has 0 radical (unpaired) electrons. The van der Waals surface area contributed by atoms with Gasteiger partial charge in [0.2, 0.25) is 5.91 Å². The van der Waals surface area contributed by atoms with Crippen molar-refractivity contribution in [3.63, 3.8) is 0 Å². The first-order chi connectivity index (χ1) is 11.7. The van der Waals surface area contributed by atoms with Crippen LogP contribution in [0.1, 0.15) is 18.4 Å². The molecule has 2 aliphatic heterocycles. The third kappa shape index (κ3) is 6.93. The lowest BCUT2D eigenvalue weighted by atomic mass is 10.1. The molecule has 3 rings (SSSR count). The van der Waals surface area contributed by atoms with E-state index in [-0.39, 0.29) is 55.3 Å². The van der Waals surface area contributed by atoms with E-state index in [0.717, 1.165) is 50.4 Å². The Kier molecular flexibility index (Phi) is 12.2. The van der Waals surface area contributed by atoms with Gasteiger partial charge < -0.3 is 25.6 Å². The van der Waals surface area contributed by atoms with Gasteiger partial charge in [-0.15, -0.1) is 37.2 Å². The molecule has 0 unspecified atom stereocenters. The summed E-state index contributed by atoms with van der Waals surface area (Å²) in [5.41, 5.74) is 6.64. The first-order valence-electron chi connectivity index (χ1n) is 8.68. The fourth-order valence-electron chi connectivity index (χ4n) is 3.24. The molecule has 0 aromatic carbocycles. The molecule has 1 aromatic rings. The van der Waals surface area contributed by atoms with Crippen LogP contribution in [0.4, 0.5) is 5.82 Å². The number of amides is 1. The maximum atomic E-state index is 12.3. The number of hydrogen-bond donors (Lipinski definition) is 2. The fourth-order valence-corrected chi connectivity index (χ4v) is 3.24. The molecule has 0 saturated carbocycles. The normalized spacial score (nSPS) is 22.2. The Morgan fingerprint density at radius 2 is 1.96 bits per heavy atom. The van der Waals surface area contributed by atoms with Crippen LogP contribution in [0.15, 0.2) is 18.3 Å². The third-order valence-corrected chi connectivity index (χ3v) is 4.79. The Hall–Kier alpha value is -0.830. The van der Waals surface area contributed by atoms with Gasteiger partial charge in [-0.25, -0.2) is 4.98 Å². The fraction of sp³-hybridized carbons (Fsp3) is 0.647. The maximum Gasteiger partial charge on any atom is 0.249 e. The number of anilines is 1. The van der Waals surface area contributed by atoms with Gasteiger partial charge >= 0.3 is 0 Å². The first kappa shape index (κ1) is 26.2. The van der Waals surface area contributed by atoms with Crippen molar-refractivity contribution in [1.82, 2.24) is 15.2 Å². The average molecular weight is 443 g/mol. The Balaban J connectivity index is 0.00000225. The van der Waals surface area contributed by atoms with E-state index in [1.165, 1.54) is 0 Å². The summed E-state index contributed by atoms with van der Waals surface area (Å²) in [5, 5.41) is 2.99. The summed E-state index contributed by atoms with van der Waals surface area (Å²) in [6.45, 7) is 4.91. The van der Waals surface area contributed by atoms with Crippen LogP contribution in [0, 0.1) is 0 Å². The number of pyridine rings is 1. The standard InChI is InChI=1S/C17H27N5O2.3ClH/c1-21-7-9-22(10-8-21)16-13(3-2-6-19-16)12-20-17(23)15-5-4-14(11-18)24-15;;;/h2-3,6,14-15H,4-5,7-12,18H2,1H3,(H,20,23);3*1H/t14-,15+;;;/m1.../s1. The highest BCUT2D eigenvalue weighted by molar-refractivity contribution is 5.86. The van der Waals surface area contributed by atoms with Gasteiger partial charge in [-0.1, -0.05) is 6.07 Å². The van der Waals surface area contributed by atoms with Crippen molar-refractivity contribution in [2.45, 2.75) is 31.6 Å². The number of carbonyl (C=O) groups excluding carboxylic acids is 1. The van der Waals surface area contributed by atoms with Gasteiger partial charge in [-0.05, 0) is 26.0 Å². The number of carbonyl (C=O) groups is 1. The highest BCUT2D eigenvalue weighted by Gasteiger charge is 2.29. The van der Waals surface area contributed by atoms with Gasteiger partial charge in [0, 0.05) is 51.0 Å². The molecule has 1 amide bonds. The molecule has 2 fully saturated rings. The predicted molar refractivity (Wildman–Crippen MR) is 114 cm³/mol. The van der Waals surface area contributed by atoms with Crippen LogP contribution < -0.4 is 16.0 Å². The largest absolute Gasteiger partial charge is 0.364 e. The van der Waals surface area contributed by atoms with Gasteiger partial charge in [0.1, 0.15) is 11.9 Å². The molecule has 0 spiro atoms. The second-order valence-electron chi connectivity index (χ2n) is 6.55. The molecule has 0 bridgehead atoms. The second kappa shape index (κ2) is 12.6. The highest BCUT2D eigenvalue weighted by atomic mass is 35.5. The van der Waals surface area contributed by atoms with Gasteiger partial charge in [-0.2, -0.15) is 0 Å². The Bertz CT molecular complexity index is 573. The first-order valence-corrected chi connectivity index (χ1v) is 8.68. The quantitative estimate of drug-likeness (QED) is 0.713. The number of rotatable bonds is 5. The summed E-state index contributed by atoms with van der Waals surface area (Å²) in [6, 6.07) is 3.94. The summed E-state index contributed by atoms with van der Waals surface area (Å²) in [6.07, 6.45) is 3.05. The number of halogens is 3. The second-order valence-corrected chi connectivity index (χ2v) is 6.55. The summed E-state index contributed by atoms with van der Waals surface area (Å²) in [7, 11) is 2.13. The molecule has 7 nitrogen and oxygen atoms in total. The van der Waals surface area contributed by atoms with E-state index in [2.05, 4.69) is 27.1 Å². The Labute approximate surface area is 179 Å². The van der Waals surface area contributed by atoms with Crippen molar-refractivity contribution in [3.8, 4) is 0 Å². The zero-order chi connectivity index (χ0) is 16.9. The van der Waals surface area contributed by atoms with E-state index in [1.807, 2.05) is 18.3 Å². The zero-order valence-electron chi connectivity index (χ0n) is 15.5. The number of nitrogens with zero attached hydrogens (tertiary/aromatic N) is 3. The van der Waals surface area contributed by atoms with E-state index in [9.17, 15) is 4.79 Å². The van der Waals surface area contributed by atoms with Crippen LogP contribution in [0.25, 0.3) is 0 Å². The lowest BCUT2D eigenvalue weighted by Crippen LogP contribution is -2.45. The predicted octanol–water partition coefficient (Wildman–Crippen LogP) is 1.22. The lowest BCUT2D eigenvalue weighted by Gasteiger charge is -2.34. The molecule has 10 heteroatoms. The summed E-state index contributed by atoms with van der Waals surface area (Å²) in [4.78, 5) is 21.4. The Morgan fingerprint density at radius 3 is 2.59 bits per heavy atom. The minimum absolute atomic E-state index is 0. The number of nitrogens with two attached hydrogens (primary N) is 1. The van der Waals surface area contributed by atoms with Crippen LogP contribution in [0.5, 0.6) is 0 Å². The topological polar surface area (TPSA) is 83.7 Å². The number of piperazine rings is 1. The van der Waals surface area contributed by atoms with Crippen LogP contribution in [-0.2, 0) is 16.1 Å². The molecule has 2 atom stereocenters. The molecular formula is C17H30Cl3N5O2. The van der Waals surface area contributed by atoms with Crippen molar-refractivity contribution in [2.24, 2.45) is 5.73 Å². The van der Waals surface area contributed by atoms with E-state index in [4.69, 9.17) is 10.5 Å². The average Bonchev–Trinajstić information content (AvgIpc) is 3.10. The van der Waals surface area contributed by atoms with Crippen LogP contribution in [0.3, 0.4) is 0 Å². The van der Waals surface area contributed by atoms with E-state index in [0.29, 0.717) is 13.1 Å². The van der Waals surface area contributed by atoms with Crippen molar-refractivity contribution < 1.29 is 9.53 Å². The van der Waals surface area contributed by atoms with E-state index in [1.54, 1.807) is 0 Å². The molecule has 2 saturated heterocycles. The molecule has 156 valence electrons. The SMILES string of the molecule is CN1CCN(c2ncccc2CNC(=O)[C@@H]2CC[C@H](CN)O2)CC1.Cl.Cl.Cl. The van der Waals surface area contributed by atoms with E-state index < -0.39 is 0 Å². The summed E-state index contributed by atoms with van der Waals surface area (Å²) >= 11 is 0. The van der Waals surface area contributed by atoms with Gasteiger partial charge in [0.25, 0.3) is 0 Å². The molecule has 3 N–H and O–H groups in total. The maximum absolute atomic E-state index is 12.3. The number of likely N-dealkylation sites (N-methyl/N-ethyl adjacent to an activating group) is 1. The van der Waals surface area contributed by atoms with Crippen molar-refractivity contribution in [1.29, 1.82) is 0 Å². The van der Waals surface area contributed by atoms with Gasteiger partial charge in [-0.3, -0.25) is 4.79 Å². The highest BCUT2D eigenvalue weighted by Crippen LogP contribution is 2.21. The number of hydrogen-bond acceptors (Lipinski definition) is 6. The van der Waals surface area contributed by atoms with Gasteiger partial charge in [0.05, 0.1) is 6.10 Å². The van der Waals surface area contributed by atoms with Crippen LogP contribution in [0.2, 0.25) is 0 Å². The molecule has 1 aromatic heterocycles. The zero-order valence-corrected chi connectivity index (χ0v) is 18.0. The van der Waals surface area contributed by atoms with Crippen molar-refractivity contribution >= 4 is 48.9 Å². The smallest absolute Gasteiger partial charge is 0.249 e. The molecule has 3 heterocycles. The molecule has 2 aliphatic rings. The van der Waals surface area contributed by atoms with E-state index >= 15 is 0 Å². The molecule has 27 heavy (non-hydrogen) atoms. The minimum Gasteiger partial charge on any atom is -0.364 e. The van der Waals surface area contributed by atoms with Crippen LogP contribution >= 0.6 is 37.2 Å². The van der Waals surface area contributed by atoms with Crippen molar-refractivity contribution in [2.75, 3.05) is 44.7 Å².